The van der Waals surface area contributed by atoms with Gasteiger partial charge in [-0.2, -0.15) is 0 Å². The monoisotopic (exact) mass is 141 g/mol. The molecule has 0 atom stereocenters. The van der Waals surface area contributed by atoms with Crippen LogP contribution < -0.4 is 9.47 Å². The first-order valence-corrected chi connectivity index (χ1v) is 2.80. The van der Waals surface area contributed by atoms with Crippen molar-refractivity contribution in [2.45, 2.75) is 6.85 Å². The minimum Gasteiger partial charge on any atom is -0.454 e. The van der Waals surface area contributed by atoms with Gasteiger partial charge in [-0.05, 0) is 24.5 Å². The molecule has 2 heteroatoms. The highest BCUT2D eigenvalue weighted by molar-refractivity contribution is 5.43. The van der Waals surface area contributed by atoms with E-state index in [1.54, 1.807) is 0 Å². The van der Waals surface area contributed by atoms with Crippen molar-refractivity contribution in [3.05, 3.63) is 23.8 Å². The van der Waals surface area contributed by atoms with Gasteiger partial charge >= 0.3 is 0 Å². The second-order valence-corrected chi connectivity index (χ2v) is 1.95. The van der Waals surface area contributed by atoms with Gasteiger partial charge in [0.2, 0.25) is 6.75 Å². The summed E-state index contributed by atoms with van der Waals surface area (Å²) in [5, 5.41) is 0. The predicted molar refractivity (Wildman–Crippen MR) is 37.3 cm³/mol. The van der Waals surface area contributed by atoms with Crippen LogP contribution in [0.25, 0.3) is 0 Å². The molecule has 0 fully saturated rings. The standard InChI is InChI=1S/C8H8O2/c1-6-2-3-7-8(4-6)10-5-9-7/h2-4H,5H2,1H3/i1D3,5D2. The van der Waals surface area contributed by atoms with Gasteiger partial charge in [-0.3, -0.25) is 0 Å². The van der Waals surface area contributed by atoms with E-state index in [2.05, 4.69) is 0 Å². The SMILES string of the molecule is [2H]C1([2H])Oc2ccc(C([2H])([2H])[2H])cc2O1. The van der Waals surface area contributed by atoms with Crippen molar-refractivity contribution in [1.82, 2.24) is 0 Å². The zero-order valence-electron chi connectivity index (χ0n) is 10.0. The fourth-order valence-electron chi connectivity index (χ4n) is 0.783. The van der Waals surface area contributed by atoms with Gasteiger partial charge in [-0.1, -0.05) is 6.07 Å². The summed E-state index contributed by atoms with van der Waals surface area (Å²) < 4.78 is 45.5. The second kappa shape index (κ2) is 1.90. The lowest BCUT2D eigenvalue weighted by atomic mass is 10.2. The lowest BCUT2D eigenvalue weighted by Crippen LogP contribution is -1.92. The van der Waals surface area contributed by atoms with Gasteiger partial charge in [0.05, 0.1) is 0 Å². The highest BCUT2D eigenvalue weighted by atomic mass is 16.7. The molecule has 10 heavy (non-hydrogen) atoms. The van der Waals surface area contributed by atoms with Gasteiger partial charge in [0.25, 0.3) is 0 Å². The largest absolute Gasteiger partial charge is 0.454 e. The Bertz CT molecular complexity index is 399. The van der Waals surface area contributed by atoms with Crippen LogP contribution in [0, 0.1) is 6.85 Å². The Morgan fingerprint density at radius 2 is 2.40 bits per heavy atom. The summed E-state index contributed by atoms with van der Waals surface area (Å²) in [4.78, 5) is 0. The maximum absolute atomic E-state index is 7.18. The third-order valence-corrected chi connectivity index (χ3v) is 1.25. The van der Waals surface area contributed by atoms with E-state index in [0.29, 0.717) is 0 Å². The van der Waals surface area contributed by atoms with Gasteiger partial charge in [0.1, 0.15) is 2.74 Å². The Morgan fingerprint density at radius 1 is 1.50 bits per heavy atom. The number of ether oxygens (including phenoxy) is 2. The Balaban J connectivity index is 2.39. The van der Waals surface area contributed by atoms with Crippen LogP contribution in [0.5, 0.6) is 11.5 Å². The van der Waals surface area contributed by atoms with E-state index in [1.807, 2.05) is 0 Å². The topological polar surface area (TPSA) is 18.5 Å². The van der Waals surface area contributed by atoms with Crippen LogP contribution in [0.4, 0.5) is 0 Å². The van der Waals surface area contributed by atoms with Crippen LogP contribution in [0.3, 0.4) is 0 Å². The summed E-state index contributed by atoms with van der Waals surface area (Å²) in [6, 6.07) is 4.03. The molecule has 52 valence electrons. The summed E-state index contributed by atoms with van der Waals surface area (Å²) in [5.41, 5.74) is 0.0996. The van der Waals surface area contributed by atoms with E-state index < -0.39 is 13.6 Å². The van der Waals surface area contributed by atoms with Crippen molar-refractivity contribution in [2.24, 2.45) is 0 Å². The highest BCUT2D eigenvalue weighted by Crippen LogP contribution is 2.31. The molecular formula is C8H8O2. The fraction of sp³-hybridized carbons (Fsp3) is 0.250. The van der Waals surface area contributed by atoms with Gasteiger partial charge in [0.15, 0.2) is 11.5 Å². The number of benzene rings is 1. The predicted octanol–water partition coefficient (Wildman–Crippen LogP) is 1.72. The molecule has 1 aromatic carbocycles. The Hall–Kier alpha value is -1.18. The molecule has 1 aliphatic heterocycles. The first kappa shape index (κ1) is 2.46. The van der Waals surface area contributed by atoms with E-state index in [4.69, 9.17) is 16.3 Å². The molecule has 0 aliphatic carbocycles. The maximum Gasteiger partial charge on any atom is 0.231 e. The Labute approximate surface area is 66.4 Å². The molecule has 1 heterocycles. The summed E-state index contributed by atoms with van der Waals surface area (Å²) >= 11 is 0. The minimum atomic E-state index is -2.23. The molecule has 1 aromatic rings. The number of fused-ring (bicyclic) bond motifs is 1. The van der Waals surface area contributed by atoms with Crippen molar-refractivity contribution in [1.29, 1.82) is 0 Å². The zero-order chi connectivity index (χ0) is 11.3. The summed E-state index contributed by atoms with van der Waals surface area (Å²) in [6.07, 6.45) is 0. The molecular weight excluding hydrogens is 128 g/mol. The molecule has 2 nitrogen and oxygen atoms in total. The summed E-state index contributed by atoms with van der Waals surface area (Å²) in [5.74, 6) is 0.335. The molecule has 0 aromatic heterocycles. The van der Waals surface area contributed by atoms with E-state index in [1.165, 1.54) is 18.2 Å². The molecule has 0 spiro atoms. The van der Waals surface area contributed by atoms with E-state index in [-0.39, 0.29) is 17.1 Å². The molecule has 0 saturated heterocycles. The first-order chi connectivity index (χ1) is 6.78. The van der Waals surface area contributed by atoms with Gasteiger partial charge in [-0.15, -0.1) is 0 Å². The third-order valence-electron chi connectivity index (χ3n) is 1.25. The molecule has 1 aliphatic rings. The van der Waals surface area contributed by atoms with Crippen LogP contribution in [-0.4, -0.2) is 6.75 Å². The lowest BCUT2D eigenvalue weighted by molar-refractivity contribution is 0.174. The molecule has 0 bridgehead atoms. The van der Waals surface area contributed by atoms with Gasteiger partial charge < -0.3 is 9.47 Å². The quantitative estimate of drug-likeness (QED) is 0.547. The number of rotatable bonds is 0. The molecule has 0 saturated carbocycles. The van der Waals surface area contributed by atoms with Crippen molar-refractivity contribution in [2.75, 3.05) is 6.75 Å². The average molecular weight is 141 g/mol. The molecule has 0 N–H and O–H groups in total. The van der Waals surface area contributed by atoms with Crippen LogP contribution >= 0.6 is 0 Å². The second-order valence-electron chi connectivity index (χ2n) is 1.95. The third kappa shape index (κ3) is 0.727. The van der Waals surface area contributed by atoms with E-state index in [0.717, 1.165) is 0 Å². The summed E-state index contributed by atoms with van der Waals surface area (Å²) in [7, 11) is 0. The van der Waals surface area contributed by atoms with Crippen LogP contribution in [0.1, 0.15) is 12.4 Å². The van der Waals surface area contributed by atoms with Crippen LogP contribution in [-0.2, 0) is 0 Å². The van der Waals surface area contributed by atoms with Crippen LogP contribution in [0.2, 0.25) is 0 Å². The normalized spacial score (nSPS) is 27.4. The van der Waals surface area contributed by atoms with Crippen LogP contribution in [0.15, 0.2) is 18.2 Å². The van der Waals surface area contributed by atoms with E-state index >= 15 is 0 Å². The molecule has 0 radical (unpaired) electrons. The first-order valence-electron chi connectivity index (χ1n) is 5.30. The smallest absolute Gasteiger partial charge is 0.231 e. The zero-order valence-corrected chi connectivity index (χ0v) is 5.05. The van der Waals surface area contributed by atoms with Crippen molar-refractivity contribution in [3.63, 3.8) is 0 Å². The number of hydrogen-bond acceptors (Lipinski definition) is 2. The Morgan fingerprint density at radius 3 is 3.30 bits per heavy atom. The maximum atomic E-state index is 7.18. The van der Waals surface area contributed by atoms with Gasteiger partial charge in [-0.25, -0.2) is 0 Å². The van der Waals surface area contributed by atoms with Gasteiger partial charge in [0, 0.05) is 4.11 Å². The number of hydrogen-bond donors (Lipinski definition) is 0. The van der Waals surface area contributed by atoms with E-state index in [9.17, 15) is 0 Å². The number of aryl methyl sites for hydroxylation is 1. The molecule has 0 unspecified atom stereocenters. The van der Waals surface area contributed by atoms with Crippen molar-refractivity contribution >= 4 is 0 Å². The van der Waals surface area contributed by atoms with Crippen molar-refractivity contribution in [3.8, 4) is 11.5 Å². The summed E-state index contributed by atoms with van der Waals surface area (Å²) in [6.45, 7) is -4.44. The van der Waals surface area contributed by atoms with Crippen molar-refractivity contribution < 1.29 is 16.3 Å². The average Bonchev–Trinajstić information content (AvgIpc) is 2.34. The Kier molecular flexibility index (Phi) is 0.468. The molecule has 0 amide bonds. The lowest BCUT2D eigenvalue weighted by Gasteiger charge is -1.94. The highest BCUT2D eigenvalue weighted by Gasteiger charge is 2.11. The fourth-order valence-corrected chi connectivity index (χ4v) is 0.783. The molecule has 2 rings (SSSR count). The minimum absolute atomic E-state index is 0.0996.